The number of nitrogens with zero attached hydrogens (tertiary/aromatic N) is 2. The molecule has 0 bridgehead atoms. The molecule has 2 aromatic rings. The molecule has 0 amide bonds. The lowest BCUT2D eigenvalue weighted by Crippen LogP contribution is -2.22. The molecule has 0 spiro atoms. The van der Waals surface area contributed by atoms with Crippen molar-refractivity contribution in [1.29, 1.82) is 5.41 Å². The Bertz CT molecular complexity index is 993. The third-order valence-corrected chi connectivity index (χ3v) is 5.43. The van der Waals surface area contributed by atoms with Crippen LogP contribution in [0, 0.1) is 25.2 Å². The molecule has 1 aromatic carbocycles. The summed E-state index contributed by atoms with van der Waals surface area (Å²) in [4.78, 5) is 12.1. The van der Waals surface area contributed by atoms with Crippen LogP contribution in [0.1, 0.15) is 76.5 Å². The van der Waals surface area contributed by atoms with Crippen molar-refractivity contribution in [1.82, 2.24) is 9.78 Å². The standard InChI is InChI=1S/C26H37N3O3/c1-10-29-23(17(4)18(5)28-29)24(31-19(6)32-25(30)16(2)3)22(15-27)20-11-13-21(14-12-20)26(7,8)9/h11-16,19,27H,10H2,1-9H3/b24-22-,27-15?. The van der Waals surface area contributed by atoms with Crippen molar-refractivity contribution in [3.8, 4) is 0 Å². The van der Waals surface area contributed by atoms with Crippen molar-refractivity contribution >= 4 is 23.5 Å². The maximum Gasteiger partial charge on any atom is 0.311 e. The quantitative estimate of drug-likeness (QED) is 0.240. The molecule has 0 saturated carbocycles. The van der Waals surface area contributed by atoms with Crippen molar-refractivity contribution in [2.75, 3.05) is 0 Å². The summed E-state index contributed by atoms with van der Waals surface area (Å²) < 4.78 is 13.6. The highest BCUT2D eigenvalue weighted by Gasteiger charge is 2.24. The van der Waals surface area contributed by atoms with Gasteiger partial charge in [-0.3, -0.25) is 9.48 Å². The largest absolute Gasteiger partial charge is 0.452 e. The van der Waals surface area contributed by atoms with Gasteiger partial charge in [-0.15, -0.1) is 0 Å². The van der Waals surface area contributed by atoms with E-state index in [1.165, 1.54) is 11.8 Å². The minimum Gasteiger partial charge on any atom is -0.452 e. The van der Waals surface area contributed by atoms with E-state index >= 15 is 0 Å². The van der Waals surface area contributed by atoms with Gasteiger partial charge in [0.1, 0.15) is 5.69 Å². The molecule has 1 heterocycles. The minimum absolute atomic E-state index is 0.0283. The Hall–Kier alpha value is -2.89. The number of carbonyl (C=O) groups excluding carboxylic acids is 1. The van der Waals surface area contributed by atoms with Gasteiger partial charge in [-0.05, 0) is 37.3 Å². The van der Waals surface area contributed by atoms with Crippen LogP contribution in [-0.4, -0.2) is 28.3 Å². The first-order valence-corrected chi connectivity index (χ1v) is 11.2. The number of esters is 1. The summed E-state index contributed by atoms with van der Waals surface area (Å²) in [5, 5.41) is 12.8. The van der Waals surface area contributed by atoms with Crippen LogP contribution in [0.25, 0.3) is 11.3 Å². The predicted molar refractivity (Wildman–Crippen MR) is 130 cm³/mol. The number of aryl methyl sites for hydroxylation is 2. The molecule has 0 saturated heterocycles. The van der Waals surface area contributed by atoms with Gasteiger partial charge in [-0.25, -0.2) is 0 Å². The highest BCUT2D eigenvalue weighted by molar-refractivity contribution is 6.17. The average Bonchev–Trinajstić information content (AvgIpc) is 3.01. The van der Waals surface area contributed by atoms with Crippen LogP contribution in [0.2, 0.25) is 0 Å². The van der Waals surface area contributed by atoms with E-state index in [1.807, 2.05) is 37.6 Å². The number of carbonyl (C=O) groups is 1. The van der Waals surface area contributed by atoms with E-state index in [9.17, 15) is 4.79 Å². The molecule has 0 aliphatic rings. The third kappa shape index (κ3) is 5.67. The van der Waals surface area contributed by atoms with Gasteiger partial charge in [0, 0.05) is 30.8 Å². The second-order valence-electron chi connectivity index (χ2n) is 9.37. The molecule has 2 rings (SSSR count). The lowest BCUT2D eigenvalue weighted by Gasteiger charge is -2.22. The Morgan fingerprint density at radius 2 is 1.72 bits per heavy atom. The van der Waals surface area contributed by atoms with E-state index < -0.39 is 6.29 Å². The summed E-state index contributed by atoms with van der Waals surface area (Å²) in [5.41, 5.74) is 5.34. The molecule has 0 aliphatic carbocycles. The van der Waals surface area contributed by atoms with Crippen molar-refractivity contribution in [3.05, 3.63) is 52.3 Å². The van der Waals surface area contributed by atoms with E-state index in [-0.39, 0.29) is 17.3 Å². The first kappa shape index (κ1) is 25.4. The minimum atomic E-state index is -0.816. The molecule has 0 aliphatic heterocycles. The van der Waals surface area contributed by atoms with Gasteiger partial charge < -0.3 is 14.9 Å². The monoisotopic (exact) mass is 439 g/mol. The van der Waals surface area contributed by atoms with Crippen LogP contribution in [0.3, 0.4) is 0 Å². The topological polar surface area (TPSA) is 77.2 Å². The van der Waals surface area contributed by atoms with E-state index in [2.05, 4.69) is 38.0 Å². The molecule has 6 nitrogen and oxygen atoms in total. The van der Waals surface area contributed by atoms with E-state index in [1.54, 1.807) is 20.8 Å². The molecule has 0 radical (unpaired) electrons. The number of rotatable bonds is 8. The Morgan fingerprint density at radius 3 is 2.19 bits per heavy atom. The fourth-order valence-corrected chi connectivity index (χ4v) is 3.35. The van der Waals surface area contributed by atoms with Crippen molar-refractivity contribution in [2.45, 2.75) is 80.6 Å². The normalized spacial score (nSPS) is 13.6. The molecule has 1 unspecified atom stereocenters. The number of aromatic nitrogens is 2. The zero-order valence-electron chi connectivity index (χ0n) is 20.9. The summed E-state index contributed by atoms with van der Waals surface area (Å²) in [6, 6.07) is 8.16. The second-order valence-corrected chi connectivity index (χ2v) is 9.37. The van der Waals surface area contributed by atoms with E-state index in [0.29, 0.717) is 17.9 Å². The van der Waals surface area contributed by atoms with Gasteiger partial charge in [0.25, 0.3) is 0 Å². The Labute approximate surface area is 192 Å². The fraction of sp³-hybridized carbons (Fsp3) is 0.500. The second kappa shape index (κ2) is 10.2. The third-order valence-electron chi connectivity index (χ3n) is 5.43. The van der Waals surface area contributed by atoms with Gasteiger partial charge in [0.2, 0.25) is 6.29 Å². The Kier molecular flexibility index (Phi) is 8.05. The zero-order chi connectivity index (χ0) is 24.2. The summed E-state index contributed by atoms with van der Waals surface area (Å²) in [7, 11) is 0. The predicted octanol–water partition coefficient (Wildman–Crippen LogP) is 5.90. The van der Waals surface area contributed by atoms with Crippen molar-refractivity contribution < 1.29 is 14.3 Å². The van der Waals surface area contributed by atoms with Crippen LogP contribution in [0.15, 0.2) is 24.3 Å². The maximum absolute atomic E-state index is 12.1. The SMILES string of the molecule is CCn1nc(C)c(C)c1/C(OC(C)OC(=O)C(C)C)=C(\C=N)c1ccc(C(C)(C)C)cc1. The van der Waals surface area contributed by atoms with Crippen LogP contribution < -0.4 is 0 Å². The molecule has 174 valence electrons. The molecule has 1 aromatic heterocycles. The number of nitrogens with one attached hydrogen (secondary N) is 1. The lowest BCUT2D eigenvalue weighted by molar-refractivity contribution is -0.167. The van der Waals surface area contributed by atoms with Crippen LogP contribution in [0.5, 0.6) is 0 Å². The highest BCUT2D eigenvalue weighted by atomic mass is 16.7. The molecule has 6 heteroatoms. The van der Waals surface area contributed by atoms with Crippen LogP contribution >= 0.6 is 0 Å². The first-order valence-electron chi connectivity index (χ1n) is 11.2. The average molecular weight is 440 g/mol. The Morgan fingerprint density at radius 1 is 1.12 bits per heavy atom. The van der Waals surface area contributed by atoms with Gasteiger partial charge >= 0.3 is 5.97 Å². The van der Waals surface area contributed by atoms with Gasteiger partial charge in [-0.2, -0.15) is 5.10 Å². The van der Waals surface area contributed by atoms with Gasteiger partial charge in [-0.1, -0.05) is 58.9 Å². The Balaban J connectivity index is 2.66. The summed E-state index contributed by atoms with van der Waals surface area (Å²) >= 11 is 0. The van der Waals surface area contributed by atoms with Gasteiger partial charge in [0.05, 0.1) is 11.6 Å². The maximum atomic E-state index is 12.1. The molecule has 32 heavy (non-hydrogen) atoms. The molecular weight excluding hydrogens is 402 g/mol. The number of hydrogen-bond acceptors (Lipinski definition) is 5. The zero-order valence-corrected chi connectivity index (χ0v) is 20.9. The number of hydrogen-bond donors (Lipinski definition) is 1. The van der Waals surface area contributed by atoms with Crippen molar-refractivity contribution in [2.24, 2.45) is 5.92 Å². The van der Waals surface area contributed by atoms with E-state index in [4.69, 9.17) is 14.9 Å². The first-order chi connectivity index (χ1) is 14.9. The summed E-state index contributed by atoms with van der Waals surface area (Å²) in [6.07, 6.45) is 0.476. The summed E-state index contributed by atoms with van der Waals surface area (Å²) in [6.45, 7) is 18.4. The highest BCUT2D eigenvalue weighted by Crippen LogP contribution is 2.32. The lowest BCUT2D eigenvalue weighted by atomic mass is 9.86. The number of ether oxygens (including phenoxy) is 2. The van der Waals surface area contributed by atoms with Crippen LogP contribution in [0.4, 0.5) is 0 Å². The number of allylic oxidation sites excluding steroid dienone is 1. The van der Waals surface area contributed by atoms with E-state index in [0.717, 1.165) is 22.5 Å². The number of benzene rings is 1. The molecular formula is C26H37N3O3. The van der Waals surface area contributed by atoms with Crippen molar-refractivity contribution in [3.63, 3.8) is 0 Å². The molecule has 0 fully saturated rings. The van der Waals surface area contributed by atoms with Gasteiger partial charge in [0.15, 0.2) is 5.76 Å². The molecule has 1 N–H and O–H groups in total. The summed E-state index contributed by atoms with van der Waals surface area (Å²) in [5.74, 6) is -0.113. The smallest absolute Gasteiger partial charge is 0.311 e. The van der Waals surface area contributed by atoms with Crippen LogP contribution in [-0.2, 0) is 26.2 Å². The molecule has 1 atom stereocenters. The fourth-order valence-electron chi connectivity index (χ4n) is 3.35.